The number of hydrogen-bond donors (Lipinski definition) is 1. The molecule has 3 rings (SSSR count). The van der Waals surface area contributed by atoms with Gasteiger partial charge in [-0.3, -0.25) is 4.68 Å². The van der Waals surface area contributed by atoms with Crippen LogP contribution in [0, 0.1) is 0 Å². The highest BCUT2D eigenvalue weighted by Crippen LogP contribution is 2.09. The lowest BCUT2D eigenvalue weighted by molar-refractivity contribution is 0.189. The number of nitrogens with one attached hydrogen (secondary N) is 1. The van der Waals surface area contributed by atoms with Crippen molar-refractivity contribution in [2.24, 2.45) is 0 Å². The number of anilines is 1. The minimum atomic E-state index is -0.0294. The summed E-state index contributed by atoms with van der Waals surface area (Å²) in [5, 5.41) is 7.17. The van der Waals surface area contributed by atoms with Crippen molar-refractivity contribution >= 4 is 12.0 Å². The summed E-state index contributed by atoms with van der Waals surface area (Å²) in [7, 11) is 0. The van der Waals surface area contributed by atoms with Crippen LogP contribution in [0.5, 0.6) is 0 Å². The highest BCUT2D eigenvalue weighted by molar-refractivity contribution is 5.74. The van der Waals surface area contributed by atoms with E-state index in [-0.39, 0.29) is 12.1 Å². The third-order valence-electron chi connectivity index (χ3n) is 3.79. The Kier molecular flexibility index (Phi) is 4.70. The van der Waals surface area contributed by atoms with Gasteiger partial charge in [-0.2, -0.15) is 5.10 Å². The Bertz CT molecular complexity index is 608. The third-order valence-corrected chi connectivity index (χ3v) is 3.79. The maximum atomic E-state index is 12.3. The van der Waals surface area contributed by atoms with Crippen molar-refractivity contribution < 1.29 is 4.79 Å². The van der Waals surface area contributed by atoms with Gasteiger partial charge in [0.15, 0.2) is 0 Å². The summed E-state index contributed by atoms with van der Waals surface area (Å²) in [6.45, 7) is 5.46. The van der Waals surface area contributed by atoms with Crippen LogP contribution >= 0.6 is 0 Å². The van der Waals surface area contributed by atoms with E-state index in [1.54, 1.807) is 24.7 Å². The van der Waals surface area contributed by atoms with Crippen LogP contribution in [0.25, 0.3) is 0 Å². The summed E-state index contributed by atoms with van der Waals surface area (Å²) >= 11 is 0. The zero-order valence-corrected chi connectivity index (χ0v) is 13.2. The molecule has 1 aliphatic rings. The zero-order valence-electron chi connectivity index (χ0n) is 13.2. The van der Waals surface area contributed by atoms with E-state index in [0.29, 0.717) is 19.6 Å². The Hall–Kier alpha value is -2.64. The van der Waals surface area contributed by atoms with E-state index < -0.39 is 0 Å². The maximum Gasteiger partial charge on any atom is 0.317 e. The Morgan fingerprint density at radius 1 is 1.17 bits per heavy atom. The van der Waals surface area contributed by atoms with Crippen molar-refractivity contribution in [3.63, 3.8) is 0 Å². The largest absolute Gasteiger partial charge is 0.337 e. The molecule has 0 saturated carbocycles. The fraction of sp³-hybridized carbons (Fsp3) is 0.467. The molecule has 1 atom stereocenters. The van der Waals surface area contributed by atoms with E-state index in [0.717, 1.165) is 19.0 Å². The molecule has 1 fully saturated rings. The molecule has 2 amide bonds. The Morgan fingerprint density at radius 2 is 1.91 bits per heavy atom. The second-order valence-electron chi connectivity index (χ2n) is 5.60. The lowest BCUT2D eigenvalue weighted by Gasteiger charge is -2.35. The Morgan fingerprint density at radius 3 is 2.57 bits per heavy atom. The number of aromatic nitrogens is 4. The molecular formula is C15H21N7O. The molecule has 0 spiro atoms. The maximum absolute atomic E-state index is 12.3. The summed E-state index contributed by atoms with van der Waals surface area (Å²) in [5.41, 5.74) is 0. The highest BCUT2D eigenvalue weighted by Gasteiger charge is 2.23. The molecule has 8 heteroatoms. The van der Waals surface area contributed by atoms with Gasteiger partial charge in [0.2, 0.25) is 5.95 Å². The predicted octanol–water partition coefficient (Wildman–Crippen LogP) is 0.593. The summed E-state index contributed by atoms with van der Waals surface area (Å²) < 4.78 is 1.82. The monoisotopic (exact) mass is 315 g/mol. The lowest BCUT2D eigenvalue weighted by Crippen LogP contribution is -2.53. The van der Waals surface area contributed by atoms with Crippen molar-refractivity contribution in [1.29, 1.82) is 0 Å². The average Bonchev–Trinajstić information content (AvgIpc) is 3.08. The lowest BCUT2D eigenvalue weighted by atomic mass is 10.3. The molecule has 0 aliphatic carbocycles. The molecule has 0 aromatic carbocycles. The summed E-state index contributed by atoms with van der Waals surface area (Å²) in [5.74, 6) is 0.722. The van der Waals surface area contributed by atoms with Crippen LogP contribution in [0.15, 0.2) is 36.9 Å². The molecule has 23 heavy (non-hydrogen) atoms. The van der Waals surface area contributed by atoms with Gasteiger partial charge in [-0.15, -0.1) is 0 Å². The van der Waals surface area contributed by atoms with Crippen LogP contribution in [0.4, 0.5) is 10.7 Å². The number of carbonyl (C=O) groups excluding carboxylic acids is 1. The zero-order chi connectivity index (χ0) is 16.1. The van der Waals surface area contributed by atoms with Gasteiger partial charge in [0, 0.05) is 57.0 Å². The molecule has 8 nitrogen and oxygen atoms in total. The van der Waals surface area contributed by atoms with Crippen molar-refractivity contribution in [1.82, 2.24) is 30.0 Å². The average molecular weight is 315 g/mol. The molecule has 0 bridgehead atoms. The highest BCUT2D eigenvalue weighted by atomic mass is 16.2. The van der Waals surface area contributed by atoms with Crippen molar-refractivity contribution in [2.75, 3.05) is 31.1 Å². The molecule has 0 unspecified atom stereocenters. The van der Waals surface area contributed by atoms with E-state index >= 15 is 0 Å². The van der Waals surface area contributed by atoms with E-state index in [1.807, 2.05) is 28.8 Å². The number of piperazine rings is 1. The fourth-order valence-electron chi connectivity index (χ4n) is 2.60. The summed E-state index contributed by atoms with van der Waals surface area (Å²) in [6.07, 6.45) is 7.09. The van der Waals surface area contributed by atoms with E-state index in [1.165, 1.54) is 0 Å². The van der Waals surface area contributed by atoms with Gasteiger partial charge < -0.3 is 15.1 Å². The van der Waals surface area contributed by atoms with Crippen molar-refractivity contribution in [2.45, 2.75) is 19.5 Å². The number of rotatable bonds is 4. The summed E-state index contributed by atoms with van der Waals surface area (Å²) in [4.78, 5) is 24.7. The number of hydrogen-bond acceptors (Lipinski definition) is 5. The summed E-state index contributed by atoms with van der Waals surface area (Å²) in [6, 6.07) is 3.67. The third kappa shape index (κ3) is 3.97. The van der Waals surface area contributed by atoms with Gasteiger partial charge in [-0.1, -0.05) is 0 Å². The van der Waals surface area contributed by atoms with E-state index in [2.05, 4.69) is 25.3 Å². The van der Waals surface area contributed by atoms with Crippen LogP contribution in [0.3, 0.4) is 0 Å². The van der Waals surface area contributed by atoms with Crippen molar-refractivity contribution in [3.8, 4) is 0 Å². The molecular weight excluding hydrogens is 294 g/mol. The quantitative estimate of drug-likeness (QED) is 0.893. The topological polar surface area (TPSA) is 79.2 Å². The minimum Gasteiger partial charge on any atom is -0.337 e. The fourth-order valence-corrected chi connectivity index (χ4v) is 2.60. The van der Waals surface area contributed by atoms with Gasteiger partial charge in [0.05, 0.1) is 6.54 Å². The molecule has 1 saturated heterocycles. The van der Waals surface area contributed by atoms with Crippen LogP contribution in [-0.4, -0.2) is 62.9 Å². The number of amides is 2. The van der Waals surface area contributed by atoms with Gasteiger partial charge in [0.1, 0.15) is 0 Å². The molecule has 2 aromatic rings. The molecule has 3 heterocycles. The molecule has 1 N–H and O–H groups in total. The number of nitrogens with zero attached hydrogens (tertiary/aromatic N) is 6. The second-order valence-corrected chi connectivity index (χ2v) is 5.60. The van der Waals surface area contributed by atoms with Crippen molar-refractivity contribution in [3.05, 3.63) is 36.9 Å². The number of urea groups is 1. The second kappa shape index (κ2) is 7.08. The normalized spacial score (nSPS) is 16.2. The first-order valence-corrected chi connectivity index (χ1v) is 7.77. The van der Waals surface area contributed by atoms with Gasteiger partial charge in [-0.05, 0) is 19.1 Å². The molecule has 1 aliphatic heterocycles. The first-order chi connectivity index (χ1) is 11.2. The minimum absolute atomic E-state index is 0.0258. The smallest absolute Gasteiger partial charge is 0.317 e. The SMILES string of the molecule is C[C@@H](Cn1cccn1)NC(=O)N1CCN(c2ncccn2)CC1. The Labute approximate surface area is 135 Å². The van der Waals surface area contributed by atoms with Crippen LogP contribution < -0.4 is 10.2 Å². The first kappa shape index (κ1) is 15.3. The van der Waals surface area contributed by atoms with Crippen LogP contribution in [0.1, 0.15) is 6.92 Å². The molecule has 0 radical (unpaired) electrons. The molecule has 122 valence electrons. The predicted molar refractivity (Wildman–Crippen MR) is 86.0 cm³/mol. The van der Waals surface area contributed by atoms with Gasteiger partial charge in [0.25, 0.3) is 0 Å². The molecule has 2 aromatic heterocycles. The Balaban J connectivity index is 1.46. The van der Waals surface area contributed by atoms with Crippen LogP contribution in [-0.2, 0) is 6.54 Å². The van der Waals surface area contributed by atoms with Gasteiger partial charge in [-0.25, -0.2) is 14.8 Å². The van der Waals surface area contributed by atoms with E-state index in [4.69, 9.17) is 0 Å². The van der Waals surface area contributed by atoms with Crippen LogP contribution in [0.2, 0.25) is 0 Å². The van der Waals surface area contributed by atoms with E-state index in [9.17, 15) is 4.79 Å². The number of carbonyl (C=O) groups is 1. The first-order valence-electron chi connectivity index (χ1n) is 7.77. The van der Waals surface area contributed by atoms with Gasteiger partial charge >= 0.3 is 6.03 Å². The standard InChI is InChI=1S/C15H21N7O/c1-13(12-22-7-3-6-18-22)19-15(23)21-10-8-20(9-11-21)14-16-4-2-5-17-14/h2-7,13H,8-12H2,1H3,(H,19,23)/t13-/m0/s1.